The Morgan fingerprint density at radius 2 is 1.67 bits per heavy atom. The lowest BCUT2D eigenvalue weighted by atomic mass is 10.1. The van der Waals surface area contributed by atoms with Gasteiger partial charge >= 0.3 is 0 Å². The minimum Gasteiger partial charge on any atom is -0.366 e. The van der Waals surface area contributed by atoms with Crippen LogP contribution in [0.5, 0.6) is 0 Å². The van der Waals surface area contributed by atoms with Crippen molar-refractivity contribution in [2.75, 3.05) is 16.7 Å². The zero-order valence-electron chi connectivity index (χ0n) is 17.4. The Morgan fingerprint density at radius 3 is 2.27 bits per heavy atom. The van der Waals surface area contributed by atoms with E-state index < -0.39 is 33.5 Å². The molecule has 0 unspecified atom stereocenters. The number of nitrogens with zero attached hydrogens (tertiary/aromatic N) is 1. The molecule has 0 aliphatic heterocycles. The third-order valence-electron chi connectivity index (χ3n) is 4.91. The summed E-state index contributed by atoms with van der Waals surface area (Å²) in [5.41, 5.74) is 5.05. The maximum atomic E-state index is 14.1. The molecule has 0 atom stereocenters. The number of sulfonamides is 1. The van der Waals surface area contributed by atoms with Crippen molar-refractivity contribution in [3.63, 3.8) is 0 Å². The maximum Gasteiger partial charge on any atom is 0.264 e. The van der Waals surface area contributed by atoms with E-state index in [1.54, 1.807) is 0 Å². The first-order valence-electron chi connectivity index (χ1n) is 9.37. The molecule has 0 radical (unpaired) electrons. The fourth-order valence-corrected chi connectivity index (χ4v) is 4.35. The van der Waals surface area contributed by atoms with Crippen molar-refractivity contribution in [1.29, 1.82) is 0 Å². The quantitative estimate of drug-likeness (QED) is 0.538. The molecule has 0 aliphatic carbocycles. The van der Waals surface area contributed by atoms with E-state index in [2.05, 4.69) is 5.32 Å². The molecule has 0 fully saturated rings. The highest BCUT2D eigenvalue weighted by atomic mass is 35.5. The van der Waals surface area contributed by atoms with Gasteiger partial charge in [-0.3, -0.25) is 13.9 Å². The summed E-state index contributed by atoms with van der Waals surface area (Å²) in [4.78, 5) is 24.0. The molecule has 3 aromatic carbocycles. The number of carbonyl (C=O) groups is 2. The van der Waals surface area contributed by atoms with Crippen LogP contribution in [-0.4, -0.2) is 27.3 Å². The van der Waals surface area contributed by atoms with Crippen molar-refractivity contribution in [3.05, 3.63) is 87.9 Å². The molecule has 0 bridgehead atoms. The molecule has 0 aromatic heterocycles. The second kappa shape index (κ2) is 9.16. The van der Waals surface area contributed by atoms with Crippen molar-refractivity contribution in [2.24, 2.45) is 5.73 Å². The summed E-state index contributed by atoms with van der Waals surface area (Å²) >= 11 is 6.12. The van der Waals surface area contributed by atoms with E-state index in [0.29, 0.717) is 0 Å². The highest BCUT2D eigenvalue weighted by Gasteiger charge is 2.24. The van der Waals surface area contributed by atoms with Crippen LogP contribution in [-0.2, 0) is 10.0 Å². The van der Waals surface area contributed by atoms with Gasteiger partial charge in [-0.2, -0.15) is 0 Å². The number of nitrogens with two attached hydrogens (primary N) is 1. The van der Waals surface area contributed by atoms with Gasteiger partial charge in [0, 0.05) is 23.9 Å². The normalized spacial score (nSPS) is 11.2. The third kappa shape index (κ3) is 4.96. The molecule has 3 aromatic rings. The predicted octanol–water partition coefficient (Wildman–Crippen LogP) is 4.10. The Kier molecular flexibility index (Phi) is 6.71. The van der Waals surface area contributed by atoms with E-state index in [-0.39, 0.29) is 38.0 Å². The Balaban J connectivity index is 1.97. The van der Waals surface area contributed by atoms with Crippen LogP contribution in [0.25, 0.3) is 0 Å². The van der Waals surface area contributed by atoms with Gasteiger partial charge in [0.1, 0.15) is 11.6 Å². The standard InChI is InChI=1S/C22H18ClF2N3O4S/c1-12-19(25)9-13(21(26)29)10-20(12)27-22(30)17-11-16(7-8-18(17)23)33(31,32)28(2)15-5-3-14(24)4-6-15/h3-11H,1-2H3,(H2,26,29)(H,27,30). The van der Waals surface area contributed by atoms with Crippen LogP contribution in [0.3, 0.4) is 0 Å². The molecule has 2 amide bonds. The van der Waals surface area contributed by atoms with Gasteiger partial charge in [-0.25, -0.2) is 17.2 Å². The topological polar surface area (TPSA) is 110 Å². The molecule has 0 saturated heterocycles. The minimum atomic E-state index is -4.13. The Labute approximate surface area is 193 Å². The maximum absolute atomic E-state index is 14.1. The van der Waals surface area contributed by atoms with Crippen molar-refractivity contribution >= 4 is 44.8 Å². The fourth-order valence-electron chi connectivity index (χ4n) is 2.93. The lowest BCUT2D eigenvalue weighted by Gasteiger charge is -2.20. The van der Waals surface area contributed by atoms with Gasteiger partial charge in [-0.15, -0.1) is 0 Å². The number of rotatable bonds is 6. The SMILES string of the molecule is Cc1c(F)cc(C(N)=O)cc1NC(=O)c1cc(S(=O)(=O)N(C)c2ccc(F)cc2)ccc1Cl. The third-order valence-corrected chi connectivity index (χ3v) is 7.02. The molecule has 11 heteroatoms. The number of amides is 2. The number of hydrogen-bond acceptors (Lipinski definition) is 4. The average Bonchev–Trinajstić information content (AvgIpc) is 2.76. The van der Waals surface area contributed by atoms with Gasteiger partial charge in [0.05, 0.1) is 21.2 Å². The van der Waals surface area contributed by atoms with Crippen molar-refractivity contribution in [3.8, 4) is 0 Å². The van der Waals surface area contributed by atoms with Gasteiger partial charge in [0.15, 0.2) is 0 Å². The molecule has 33 heavy (non-hydrogen) atoms. The van der Waals surface area contributed by atoms with Crippen LogP contribution >= 0.6 is 11.6 Å². The summed E-state index contributed by atoms with van der Waals surface area (Å²) < 4.78 is 54.3. The van der Waals surface area contributed by atoms with E-state index >= 15 is 0 Å². The first kappa shape index (κ1) is 24.1. The molecule has 3 N–H and O–H groups in total. The van der Waals surface area contributed by atoms with Gasteiger partial charge < -0.3 is 11.1 Å². The van der Waals surface area contributed by atoms with Crippen LogP contribution in [0.4, 0.5) is 20.2 Å². The lowest BCUT2D eigenvalue weighted by Crippen LogP contribution is -2.27. The Hall–Kier alpha value is -3.50. The van der Waals surface area contributed by atoms with Gasteiger partial charge in [0.25, 0.3) is 15.9 Å². The molecule has 7 nitrogen and oxygen atoms in total. The second-order valence-corrected chi connectivity index (χ2v) is 9.42. The summed E-state index contributed by atoms with van der Waals surface area (Å²) in [6.45, 7) is 1.38. The summed E-state index contributed by atoms with van der Waals surface area (Å²) in [7, 11) is -2.86. The van der Waals surface area contributed by atoms with E-state index in [9.17, 15) is 26.8 Å². The molecule has 172 valence electrons. The number of nitrogens with one attached hydrogen (secondary N) is 1. The predicted molar refractivity (Wildman–Crippen MR) is 121 cm³/mol. The number of primary amides is 1. The molecular weight excluding hydrogens is 476 g/mol. The highest BCUT2D eigenvalue weighted by Crippen LogP contribution is 2.27. The van der Waals surface area contributed by atoms with Crippen LogP contribution < -0.4 is 15.4 Å². The molecule has 0 spiro atoms. The zero-order valence-corrected chi connectivity index (χ0v) is 19.0. The summed E-state index contributed by atoms with van der Waals surface area (Å²) in [5, 5.41) is 2.37. The number of halogens is 3. The van der Waals surface area contributed by atoms with E-state index in [4.69, 9.17) is 17.3 Å². The van der Waals surface area contributed by atoms with Gasteiger partial charge in [0.2, 0.25) is 5.91 Å². The minimum absolute atomic E-state index is 0.0263. The smallest absolute Gasteiger partial charge is 0.264 e. The summed E-state index contributed by atoms with van der Waals surface area (Å²) in [6, 6.07) is 10.5. The fraction of sp³-hybridized carbons (Fsp3) is 0.0909. The number of anilines is 2. The molecule has 3 rings (SSSR count). The largest absolute Gasteiger partial charge is 0.366 e. The van der Waals surface area contributed by atoms with Crippen LogP contribution in [0, 0.1) is 18.6 Å². The molecule has 0 aliphatic rings. The summed E-state index contributed by atoms with van der Waals surface area (Å²) in [5.74, 6) is -3.00. The first-order chi connectivity index (χ1) is 15.4. The summed E-state index contributed by atoms with van der Waals surface area (Å²) in [6.07, 6.45) is 0. The first-order valence-corrected chi connectivity index (χ1v) is 11.2. The monoisotopic (exact) mass is 493 g/mol. The van der Waals surface area contributed by atoms with Gasteiger partial charge in [-0.1, -0.05) is 11.6 Å². The molecular formula is C22H18ClF2N3O4S. The molecule has 0 heterocycles. The zero-order chi connectivity index (χ0) is 24.5. The van der Waals surface area contributed by atoms with E-state index in [0.717, 1.165) is 28.6 Å². The Morgan fingerprint density at radius 1 is 1.03 bits per heavy atom. The highest BCUT2D eigenvalue weighted by molar-refractivity contribution is 7.92. The van der Waals surface area contributed by atoms with Gasteiger partial charge in [-0.05, 0) is 61.5 Å². The molecule has 0 saturated carbocycles. The van der Waals surface area contributed by atoms with Crippen molar-refractivity contribution in [2.45, 2.75) is 11.8 Å². The second-order valence-electron chi connectivity index (χ2n) is 7.04. The van der Waals surface area contributed by atoms with Crippen LogP contribution in [0.15, 0.2) is 59.5 Å². The number of hydrogen-bond donors (Lipinski definition) is 2. The number of benzene rings is 3. The van der Waals surface area contributed by atoms with Crippen molar-refractivity contribution in [1.82, 2.24) is 0 Å². The average molecular weight is 494 g/mol. The van der Waals surface area contributed by atoms with Crippen LogP contribution in [0.1, 0.15) is 26.3 Å². The lowest BCUT2D eigenvalue weighted by molar-refractivity contribution is 0.0995. The number of carbonyl (C=O) groups excluding carboxylic acids is 2. The van der Waals surface area contributed by atoms with E-state index in [1.807, 2.05) is 0 Å². The van der Waals surface area contributed by atoms with Crippen molar-refractivity contribution < 1.29 is 26.8 Å². The van der Waals surface area contributed by atoms with E-state index in [1.165, 1.54) is 44.3 Å². The van der Waals surface area contributed by atoms with Crippen LogP contribution in [0.2, 0.25) is 5.02 Å². The Bertz CT molecular complexity index is 1360.